The number of likely N-dealkylation sites (tertiary alicyclic amines) is 1. The lowest BCUT2D eigenvalue weighted by atomic mass is 10.1. The molecule has 0 aromatic heterocycles. The minimum absolute atomic E-state index is 0.152. The Morgan fingerprint density at radius 2 is 2.09 bits per heavy atom. The number of carbonyl (C=O) groups is 2. The fraction of sp³-hybridized carbons (Fsp3) is 0.529. The molecule has 22 heavy (non-hydrogen) atoms. The van der Waals surface area contributed by atoms with Gasteiger partial charge in [0.1, 0.15) is 0 Å². The Morgan fingerprint density at radius 1 is 1.41 bits per heavy atom. The molecule has 1 N–H and O–H groups in total. The van der Waals surface area contributed by atoms with Gasteiger partial charge in [-0.2, -0.15) is 0 Å². The lowest BCUT2D eigenvalue weighted by Crippen LogP contribution is -2.42. The first-order valence-corrected chi connectivity index (χ1v) is 7.91. The zero-order valence-corrected chi connectivity index (χ0v) is 14.3. The van der Waals surface area contributed by atoms with E-state index in [1.54, 1.807) is 12.1 Å². The zero-order chi connectivity index (χ0) is 16.5. The molecule has 2 amide bonds. The molecule has 0 spiro atoms. The molecule has 1 fully saturated rings. The van der Waals surface area contributed by atoms with Gasteiger partial charge in [-0.15, -0.1) is 0 Å². The first-order chi connectivity index (χ1) is 10.2. The van der Waals surface area contributed by atoms with Crippen LogP contribution >= 0.6 is 11.6 Å². The first kappa shape index (κ1) is 16.8. The van der Waals surface area contributed by atoms with Crippen LogP contribution < -0.4 is 5.32 Å². The number of amides is 2. The number of aryl methyl sites for hydroxylation is 1. The number of nitrogens with zero attached hydrogens (tertiary/aromatic N) is 1. The minimum atomic E-state index is -0.185. The van der Waals surface area contributed by atoms with E-state index >= 15 is 0 Å². The summed E-state index contributed by atoms with van der Waals surface area (Å²) >= 11 is 6.07. The smallest absolute Gasteiger partial charge is 0.252 e. The molecular formula is C17H23ClN2O2. The summed E-state index contributed by atoms with van der Waals surface area (Å²) in [6.07, 6.45) is 0.485. The van der Waals surface area contributed by atoms with Crippen LogP contribution in [0.15, 0.2) is 18.2 Å². The van der Waals surface area contributed by atoms with Crippen molar-refractivity contribution in [2.45, 2.75) is 39.7 Å². The number of hydrogen-bond acceptors (Lipinski definition) is 2. The molecule has 0 radical (unpaired) electrons. The molecule has 120 valence electrons. The van der Waals surface area contributed by atoms with Crippen LogP contribution in [0.5, 0.6) is 0 Å². The molecule has 1 aromatic rings. The summed E-state index contributed by atoms with van der Waals surface area (Å²) in [6.45, 7) is 9.17. The SMILES string of the molecule is Cc1ccc(Cl)c(C(=O)NC[C@H]2CC(=O)N(C(C)(C)C)C2)c1. The first-order valence-electron chi connectivity index (χ1n) is 7.53. The Balaban J connectivity index is 1.95. The third-order valence-corrected chi connectivity index (χ3v) is 4.26. The van der Waals surface area contributed by atoms with Gasteiger partial charge in [0.25, 0.3) is 5.91 Å². The third-order valence-electron chi connectivity index (χ3n) is 3.93. The predicted molar refractivity (Wildman–Crippen MR) is 88.1 cm³/mol. The fourth-order valence-corrected chi connectivity index (χ4v) is 2.92. The van der Waals surface area contributed by atoms with Gasteiger partial charge in [-0.3, -0.25) is 9.59 Å². The molecule has 2 rings (SSSR count). The van der Waals surface area contributed by atoms with Crippen LogP contribution in [0, 0.1) is 12.8 Å². The summed E-state index contributed by atoms with van der Waals surface area (Å²) < 4.78 is 0. The van der Waals surface area contributed by atoms with E-state index in [-0.39, 0.29) is 23.3 Å². The average molecular weight is 323 g/mol. The number of rotatable bonds is 3. The highest BCUT2D eigenvalue weighted by Gasteiger charge is 2.36. The maximum absolute atomic E-state index is 12.2. The largest absolute Gasteiger partial charge is 0.352 e. The van der Waals surface area contributed by atoms with Gasteiger partial charge in [-0.05, 0) is 39.8 Å². The second kappa shape index (κ2) is 6.29. The molecule has 1 aliphatic rings. The summed E-state index contributed by atoms with van der Waals surface area (Å²) in [7, 11) is 0. The Labute approximate surface area is 136 Å². The number of nitrogens with one attached hydrogen (secondary N) is 1. The van der Waals surface area contributed by atoms with Gasteiger partial charge in [-0.1, -0.05) is 23.2 Å². The van der Waals surface area contributed by atoms with E-state index in [0.717, 1.165) is 5.56 Å². The van der Waals surface area contributed by atoms with Crippen LogP contribution in [0.4, 0.5) is 0 Å². The van der Waals surface area contributed by atoms with Gasteiger partial charge >= 0.3 is 0 Å². The van der Waals surface area contributed by atoms with Gasteiger partial charge in [0.05, 0.1) is 10.6 Å². The molecule has 1 saturated heterocycles. The van der Waals surface area contributed by atoms with E-state index in [1.165, 1.54) is 0 Å². The molecule has 0 saturated carbocycles. The summed E-state index contributed by atoms with van der Waals surface area (Å²) in [5, 5.41) is 3.35. The molecular weight excluding hydrogens is 300 g/mol. The van der Waals surface area contributed by atoms with Crippen LogP contribution in [0.1, 0.15) is 43.1 Å². The van der Waals surface area contributed by atoms with Crippen molar-refractivity contribution in [3.8, 4) is 0 Å². The number of hydrogen-bond donors (Lipinski definition) is 1. The topological polar surface area (TPSA) is 49.4 Å². The maximum atomic E-state index is 12.2. The fourth-order valence-electron chi connectivity index (χ4n) is 2.71. The normalized spacial score (nSPS) is 18.7. The van der Waals surface area contributed by atoms with Gasteiger partial charge in [0, 0.05) is 31.0 Å². The summed E-state index contributed by atoms with van der Waals surface area (Å²) in [5.41, 5.74) is 1.30. The quantitative estimate of drug-likeness (QED) is 0.930. The molecule has 0 bridgehead atoms. The highest BCUT2D eigenvalue weighted by molar-refractivity contribution is 6.33. The van der Waals surface area contributed by atoms with Gasteiger partial charge in [-0.25, -0.2) is 0 Å². The minimum Gasteiger partial charge on any atom is -0.352 e. The maximum Gasteiger partial charge on any atom is 0.252 e. The summed E-state index contributed by atoms with van der Waals surface area (Å²) in [6, 6.07) is 5.38. The summed E-state index contributed by atoms with van der Waals surface area (Å²) in [4.78, 5) is 26.2. The van der Waals surface area contributed by atoms with Crippen molar-refractivity contribution in [3.05, 3.63) is 34.3 Å². The van der Waals surface area contributed by atoms with Crippen molar-refractivity contribution >= 4 is 23.4 Å². The third kappa shape index (κ3) is 3.80. The lowest BCUT2D eigenvalue weighted by Gasteiger charge is -2.32. The van der Waals surface area contributed by atoms with Crippen molar-refractivity contribution in [3.63, 3.8) is 0 Å². The molecule has 1 heterocycles. The van der Waals surface area contributed by atoms with Crippen molar-refractivity contribution in [1.29, 1.82) is 0 Å². The highest BCUT2D eigenvalue weighted by Crippen LogP contribution is 2.25. The van der Waals surface area contributed by atoms with Crippen LogP contribution in [0.3, 0.4) is 0 Å². The Kier molecular flexibility index (Phi) is 4.81. The molecule has 1 aromatic carbocycles. The zero-order valence-electron chi connectivity index (χ0n) is 13.6. The molecule has 1 aliphatic heterocycles. The van der Waals surface area contributed by atoms with Crippen LogP contribution in [-0.4, -0.2) is 35.3 Å². The Hall–Kier alpha value is -1.55. The Bertz CT molecular complexity index is 593. The number of carbonyl (C=O) groups excluding carboxylic acids is 2. The molecule has 0 unspecified atom stereocenters. The number of benzene rings is 1. The van der Waals surface area contributed by atoms with Crippen molar-refractivity contribution < 1.29 is 9.59 Å². The lowest BCUT2D eigenvalue weighted by molar-refractivity contribution is -0.131. The Morgan fingerprint density at radius 3 is 2.68 bits per heavy atom. The van der Waals surface area contributed by atoms with Crippen LogP contribution in [0.25, 0.3) is 0 Å². The van der Waals surface area contributed by atoms with E-state index in [1.807, 2.05) is 38.7 Å². The van der Waals surface area contributed by atoms with Crippen molar-refractivity contribution in [1.82, 2.24) is 10.2 Å². The van der Waals surface area contributed by atoms with Crippen LogP contribution in [0.2, 0.25) is 5.02 Å². The average Bonchev–Trinajstić information content (AvgIpc) is 2.80. The van der Waals surface area contributed by atoms with Crippen molar-refractivity contribution in [2.75, 3.05) is 13.1 Å². The molecule has 5 heteroatoms. The highest BCUT2D eigenvalue weighted by atomic mass is 35.5. The second-order valence-corrected chi connectivity index (χ2v) is 7.35. The summed E-state index contributed by atoms with van der Waals surface area (Å²) in [5.74, 6) is 0.120. The van der Waals surface area contributed by atoms with Gasteiger partial charge in [0.15, 0.2) is 0 Å². The van der Waals surface area contributed by atoms with E-state index in [9.17, 15) is 9.59 Å². The van der Waals surface area contributed by atoms with Gasteiger partial charge < -0.3 is 10.2 Å². The predicted octanol–water partition coefficient (Wildman–Crippen LogP) is 3.03. The van der Waals surface area contributed by atoms with E-state index in [0.29, 0.717) is 30.1 Å². The molecule has 0 aliphatic carbocycles. The standard InChI is InChI=1S/C17H23ClN2O2/c1-11-5-6-14(18)13(7-11)16(22)19-9-12-8-15(21)20(10-12)17(2,3)4/h5-7,12H,8-10H2,1-4H3,(H,19,22)/t12-/m1/s1. The van der Waals surface area contributed by atoms with E-state index in [4.69, 9.17) is 11.6 Å². The van der Waals surface area contributed by atoms with Gasteiger partial charge in [0.2, 0.25) is 5.91 Å². The van der Waals surface area contributed by atoms with Crippen molar-refractivity contribution in [2.24, 2.45) is 5.92 Å². The second-order valence-electron chi connectivity index (χ2n) is 6.94. The van der Waals surface area contributed by atoms with E-state index in [2.05, 4.69) is 5.32 Å². The monoisotopic (exact) mass is 322 g/mol. The number of halogens is 1. The van der Waals surface area contributed by atoms with Crippen LogP contribution in [-0.2, 0) is 4.79 Å². The van der Waals surface area contributed by atoms with E-state index < -0.39 is 0 Å². The molecule has 1 atom stereocenters. The molecule has 4 nitrogen and oxygen atoms in total.